The van der Waals surface area contributed by atoms with Crippen molar-refractivity contribution in [2.45, 2.75) is 12.8 Å². The van der Waals surface area contributed by atoms with Crippen LogP contribution in [0.25, 0.3) is 0 Å². The Bertz CT molecular complexity index is 698. The highest BCUT2D eigenvalue weighted by Gasteiger charge is 2.27. The molecule has 2 heterocycles. The summed E-state index contributed by atoms with van der Waals surface area (Å²) in [6.45, 7) is 0.575. The maximum atomic E-state index is 12.6. The van der Waals surface area contributed by atoms with E-state index in [4.69, 9.17) is 0 Å². The summed E-state index contributed by atoms with van der Waals surface area (Å²) in [4.78, 5) is 29.6. The average molecular weight is 282 g/mol. The highest BCUT2D eigenvalue weighted by Crippen LogP contribution is 2.30. The molecule has 0 bridgehead atoms. The molecule has 2 aromatic rings. The first-order chi connectivity index (χ1) is 10.2. The second-order valence-electron chi connectivity index (χ2n) is 4.88. The lowest BCUT2D eigenvalue weighted by atomic mass is 9.96. The molecule has 3 rings (SSSR count). The smallest absolute Gasteiger partial charge is 0.336 e. The number of hydrogen-bond acceptors (Lipinski definition) is 3. The molecule has 21 heavy (non-hydrogen) atoms. The van der Waals surface area contributed by atoms with Gasteiger partial charge >= 0.3 is 5.97 Å². The van der Waals surface area contributed by atoms with E-state index in [1.807, 2.05) is 0 Å². The first-order valence-corrected chi connectivity index (χ1v) is 6.76. The monoisotopic (exact) mass is 282 g/mol. The second kappa shape index (κ2) is 5.36. The number of aromatic carboxylic acids is 1. The predicted octanol–water partition coefficient (Wildman–Crippen LogP) is 2.37. The van der Waals surface area contributed by atoms with Crippen molar-refractivity contribution >= 4 is 17.6 Å². The number of hydrogen-bond donors (Lipinski definition) is 1. The molecule has 1 aliphatic heterocycles. The minimum absolute atomic E-state index is 0.195. The van der Waals surface area contributed by atoms with E-state index < -0.39 is 5.97 Å². The maximum Gasteiger partial charge on any atom is 0.336 e. The van der Waals surface area contributed by atoms with Gasteiger partial charge in [0.15, 0.2) is 0 Å². The van der Waals surface area contributed by atoms with Crippen LogP contribution >= 0.6 is 0 Å². The van der Waals surface area contributed by atoms with Crippen LogP contribution in [0, 0.1) is 0 Å². The normalized spacial score (nSPS) is 13.6. The zero-order valence-corrected chi connectivity index (χ0v) is 11.3. The van der Waals surface area contributed by atoms with E-state index in [1.54, 1.807) is 47.5 Å². The van der Waals surface area contributed by atoms with Gasteiger partial charge in [0.2, 0.25) is 0 Å². The largest absolute Gasteiger partial charge is 0.478 e. The predicted molar refractivity (Wildman–Crippen MR) is 77.6 cm³/mol. The molecule has 5 heteroatoms. The summed E-state index contributed by atoms with van der Waals surface area (Å²) in [6, 6.07) is 10.2. The molecule has 0 spiro atoms. The van der Waals surface area contributed by atoms with E-state index in [2.05, 4.69) is 4.98 Å². The number of carbonyl (C=O) groups excluding carboxylic acids is 1. The molecule has 5 nitrogen and oxygen atoms in total. The van der Waals surface area contributed by atoms with E-state index in [-0.39, 0.29) is 11.5 Å². The highest BCUT2D eigenvalue weighted by molar-refractivity contribution is 6.06. The molecule has 1 N–H and O–H groups in total. The fourth-order valence-corrected chi connectivity index (χ4v) is 2.66. The van der Waals surface area contributed by atoms with Gasteiger partial charge in [-0.05, 0) is 42.7 Å². The van der Waals surface area contributed by atoms with Gasteiger partial charge in [-0.15, -0.1) is 0 Å². The Balaban J connectivity index is 2.04. The molecule has 0 aliphatic carbocycles. The summed E-state index contributed by atoms with van der Waals surface area (Å²) >= 11 is 0. The third kappa shape index (κ3) is 2.38. The van der Waals surface area contributed by atoms with Crippen LogP contribution in [0.2, 0.25) is 0 Å². The summed E-state index contributed by atoms with van der Waals surface area (Å²) in [6.07, 6.45) is 2.99. The number of benzene rings is 1. The summed E-state index contributed by atoms with van der Waals surface area (Å²) in [7, 11) is 0. The van der Waals surface area contributed by atoms with Gasteiger partial charge in [-0.2, -0.15) is 0 Å². The number of nitrogens with zero attached hydrogens (tertiary/aromatic N) is 2. The first-order valence-electron chi connectivity index (χ1n) is 6.76. The summed E-state index contributed by atoms with van der Waals surface area (Å²) in [5.74, 6) is -1.15. The Morgan fingerprint density at radius 1 is 1.14 bits per heavy atom. The molecule has 1 aliphatic rings. The van der Waals surface area contributed by atoms with Gasteiger partial charge < -0.3 is 10.0 Å². The van der Waals surface area contributed by atoms with Gasteiger partial charge in [0.1, 0.15) is 5.69 Å². The van der Waals surface area contributed by atoms with Crippen LogP contribution in [0.4, 0.5) is 5.69 Å². The number of carboxylic acids is 1. The third-order valence-electron chi connectivity index (χ3n) is 3.61. The number of rotatable bonds is 2. The molecular weight excluding hydrogens is 268 g/mol. The summed E-state index contributed by atoms with van der Waals surface area (Å²) in [5, 5.41) is 9.27. The molecule has 1 amide bonds. The van der Waals surface area contributed by atoms with Crippen LogP contribution in [0.3, 0.4) is 0 Å². The molecular formula is C16H14N2O3. The number of aromatic nitrogens is 1. The lowest BCUT2D eigenvalue weighted by Gasteiger charge is -2.30. The van der Waals surface area contributed by atoms with Crippen LogP contribution in [0.5, 0.6) is 0 Å². The van der Waals surface area contributed by atoms with Crippen molar-refractivity contribution in [2.75, 3.05) is 11.4 Å². The van der Waals surface area contributed by atoms with Crippen molar-refractivity contribution in [1.29, 1.82) is 0 Å². The second-order valence-corrected chi connectivity index (χ2v) is 4.88. The molecule has 0 saturated heterocycles. The van der Waals surface area contributed by atoms with Crippen molar-refractivity contribution in [3.63, 3.8) is 0 Å². The average Bonchev–Trinajstić information content (AvgIpc) is 2.53. The molecule has 0 atom stereocenters. The zero-order chi connectivity index (χ0) is 14.8. The van der Waals surface area contributed by atoms with E-state index in [0.29, 0.717) is 24.3 Å². The van der Waals surface area contributed by atoms with Crippen molar-refractivity contribution in [3.05, 3.63) is 59.4 Å². The number of anilines is 1. The molecule has 1 aromatic carbocycles. The van der Waals surface area contributed by atoms with E-state index in [9.17, 15) is 14.7 Å². The van der Waals surface area contributed by atoms with Crippen LogP contribution in [0.15, 0.2) is 42.6 Å². The Hall–Kier alpha value is -2.69. The molecule has 0 fully saturated rings. The number of amides is 1. The fourth-order valence-electron chi connectivity index (χ4n) is 2.66. The minimum atomic E-state index is -0.959. The van der Waals surface area contributed by atoms with E-state index in [1.165, 1.54) is 0 Å². The Kier molecular flexibility index (Phi) is 3.39. The summed E-state index contributed by atoms with van der Waals surface area (Å²) < 4.78 is 0. The molecule has 106 valence electrons. The molecule has 0 saturated carbocycles. The maximum absolute atomic E-state index is 12.6. The molecule has 0 unspecified atom stereocenters. The van der Waals surface area contributed by atoms with Gasteiger partial charge in [0, 0.05) is 18.4 Å². The third-order valence-corrected chi connectivity index (χ3v) is 3.61. The molecule has 1 aromatic heterocycles. The standard InChI is InChI=1S/C16H14N2O3/c19-15(13-7-1-2-9-17-13)18-10-4-6-11-12(16(20)21)5-3-8-14(11)18/h1-3,5,7-9H,4,6,10H2,(H,20,21). The Labute approximate surface area is 121 Å². The van der Waals surface area contributed by atoms with Crippen molar-refractivity contribution in [1.82, 2.24) is 4.98 Å². The topological polar surface area (TPSA) is 70.5 Å². The Morgan fingerprint density at radius 2 is 2.00 bits per heavy atom. The van der Waals surface area contributed by atoms with Crippen LogP contribution < -0.4 is 4.90 Å². The fraction of sp³-hybridized carbons (Fsp3) is 0.188. The Morgan fingerprint density at radius 3 is 2.71 bits per heavy atom. The SMILES string of the molecule is O=C(O)c1cccc2c1CCCN2C(=O)c1ccccn1. The first kappa shape index (κ1) is 13.3. The molecule has 0 radical (unpaired) electrons. The van der Waals surface area contributed by atoms with E-state index >= 15 is 0 Å². The van der Waals surface area contributed by atoms with Crippen LogP contribution in [-0.4, -0.2) is 28.5 Å². The number of fused-ring (bicyclic) bond motifs is 1. The van der Waals surface area contributed by atoms with Gasteiger partial charge in [0.05, 0.1) is 5.56 Å². The van der Waals surface area contributed by atoms with Gasteiger partial charge in [-0.3, -0.25) is 9.78 Å². The zero-order valence-electron chi connectivity index (χ0n) is 11.3. The lowest BCUT2D eigenvalue weighted by molar-refractivity contribution is 0.0695. The number of pyridine rings is 1. The lowest BCUT2D eigenvalue weighted by Crippen LogP contribution is -2.36. The van der Waals surface area contributed by atoms with Gasteiger partial charge in [-0.1, -0.05) is 12.1 Å². The van der Waals surface area contributed by atoms with Crippen molar-refractivity contribution in [2.24, 2.45) is 0 Å². The van der Waals surface area contributed by atoms with Crippen LogP contribution in [-0.2, 0) is 6.42 Å². The van der Waals surface area contributed by atoms with E-state index in [0.717, 1.165) is 12.0 Å². The van der Waals surface area contributed by atoms with Crippen LogP contribution in [0.1, 0.15) is 32.8 Å². The highest BCUT2D eigenvalue weighted by atomic mass is 16.4. The van der Waals surface area contributed by atoms with Gasteiger partial charge in [-0.25, -0.2) is 4.79 Å². The quantitative estimate of drug-likeness (QED) is 0.918. The number of carboxylic acid groups (broad SMARTS) is 1. The van der Waals surface area contributed by atoms with Gasteiger partial charge in [0.25, 0.3) is 5.91 Å². The van der Waals surface area contributed by atoms with Crippen molar-refractivity contribution in [3.8, 4) is 0 Å². The summed E-state index contributed by atoms with van der Waals surface area (Å²) in [5.41, 5.74) is 2.04. The van der Waals surface area contributed by atoms with Crippen molar-refractivity contribution < 1.29 is 14.7 Å². The number of carbonyl (C=O) groups is 2. The minimum Gasteiger partial charge on any atom is -0.478 e.